The van der Waals surface area contributed by atoms with Gasteiger partial charge in [-0.2, -0.15) is 17.5 Å². The molecule has 1 saturated heterocycles. The Balaban J connectivity index is 2.52. The van der Waals surface area contributed by atoms with E-state index in [1.165, 1.54) is 0 Å². The summed E-state index contributed by atoms with van der Waals surface area (Å²) in [6.07, 6.45) is -4.32. The van der Waals surface area contributed by atoms with E-state index in [-0.39, 0.29) is 18.0 Å². The summed E-state index contributed by atoms with van der Waals surface area (Å²) in [6.45, 7) is -0.0775. The number of carboxylic acid groups (broad SMARTS) is 1. The fourth-order valence-corrected chi connectivity index (χ4v) is 4.43. The number of alkyl halides is 3. The van der Waals surface area contributed by atoms with E-state index in [0.29, 0.717) is 22.9 Å². The third kappa shape index (κ3) is 3.06. The first kappa shape index (κ1) is 17.0. The highest BCUT2D eigenvalue weighted by Gasteiger charge is 2.41. The Morgan fingerprint density at radius 2 is 2.00 bits per heavy atom. The normalized spacial score (nSPS) is 20.3. The number of sulfonamides is 1. The predicted octanol–water partition coefficient (Wildman–Crippen LogP) is 2.60. The maximum Gasteiger partial charge on any atom is 0.416 e. The van der Waals surface area contributed by atoms with Gasteiger partial charge in [0.15, 0.2) is 0 Å². The standard InChI is InChI=1S/C12H11ClF3NO4S/c13-8-4-3-7(12(14,15)16)6-10(8)22(20,21)17-5-1-2-9(17)11(18)19/h3-4,6,9H,1-2,5H2,(H,18,19)/t9-/m0/s1. The van der Waals surface area contributed by atoms with Crippen LogP contribution in [0.2, 0.25) is 5.02 Å². The number of halogens is 4. The Morgan fingerprint density at radius 1 is 1.36 bits per heavy atom. The number of hydrogen-bond donors (Lipinski definition) is 1. The first-order valence-corrected chi connectivity index (χ1v) is 7.98. The van der Waals surface area contributed by atoms with Gasteiger partial charge in [-0.3, -0.25) is 4.79 Å². The molecule has 0 amide bonds. The molecule has 10 heteroatoms. The summed E-state index contributed by atoms with van der Waals surface area (Å²) >= 11 is 5.72. The molecule has 0 radical (unpaired) electrons. The molecule has 122 valence electrons. The molecule has 0 saturated carbocycles. The summed E-state index contributed by atoms with van der Waals surface area (Å²) in [4.78, 5) is 10.3. The second kappa shape index (κ2) is 5.71. The number of nitrogens with zero attached hydrogens (tertiary/aromatic N) is 1. The molecule has 1 fully saturated rings. The summed E-state index contributed by atoms with van der Waals surface area (Å²) < 4.78 is 63.8. The number of hydrogen-bond acceptors (Lipinski definition) is 3. The Labute approximate surface area is 129 Å². The molecule has 1 aliphatic rings. The molecule has 5 nitrogen and oxygen atoms in total. The van der Waals surface area contributed by atoms with Crippen LogP contribution < -0.4 is 0 Å². The lowest BCUT2D eigenvalue weighted by molar-refractivity contribution is -0.141. The minimum absolute atomic E-state index is 0.0775. The van der Waals surface area contributed by atoms with Crippen LogP contribution in [-0.2, 0) is 21.0 Å². The number of carboxylic acids is 1. The van der Waals surface area contributed by atoms with E-state index in [2.05, 4.69) is 0 Å². The maximum atomic E-state index is 12.7. The Bertz CT molecular complexity index is 705. The second-order valence-electron chi connectivity index (χ2n) is 4.75. The summed E-state index contributed by atoms with van der Waals surface area (Å²) in [5, 5.41) is 8.64. The van der Waals surface area contributed by atoms with Gasteiger partial charge in [0, 0.05) is 6.54 Å². The number of carbonyl (C=O) groups is 1. The molecule has 1 aromatic rings. The molecule has 1 N–H and O–H groups in total. The maximum absolute atomic E-state index is 12.7. The zero-order valence-corrected chi connectivity index (χ0v) is 12.5. The lowest BCUT2D eigenvalue weighted by atomic mass is 10.2. The van der Waals surface area contributed by atoms with Crippen LogP contribution in [0.15, 0.2) is 23.1 Å². The van der Waals surface area contributed by atoms with Crippen molar-refractivity contribution in [3.05, 3.63) is 28.8 Å². The van der Waals surface area contributed by atoms with Gasteiger partial charge in [-0.15, -0.1) is 0 Å². The van der Waals surface area contributed by atoms with Crippen LogP contribution >= 0.6 is 11.6 Å². The van der Waals surface area contributed by atoms with E-state index < -0.39 is 38.7 Å². The van der Waals surface area contributed by atoms with E-state index >= 15 is 0 Å². The zero-order chi connectivity index (χ0) is 16.7. The van der Waals surface area contributed by atoms with Crippen molar-refractivity contribution in [2.45, 2.75) is 30.0 Å². The number of aliphatic carboxylic acids is 1. The Hall–Kier alpha value is -1.32. The molecule has 1 aromatic carbocycles. The van der Waals surface area contributed by atoms with Gasteiger partial charge in [-0.1, -0.05) is 11.6 Å². The molecule has 1 heterocycles. The van der Waals surface area contributed by atoms with Crippen molar-refractivity contribution in [2.24, 2.45) is 0 Å². The van der Waals surface area contributed by atoms with Gasteiger partial charge in [0.1, 0.15) is 10.9 Å². The van der Waals surface area contributed by atoms with Gasteiger partial charge in [-0.05, 0) is 31.0 Å². The lowest BCUT2D eigenvalue weighted by Gasteiger charge is -2.22. The average molecular weight is 358 g/mol. The topological polar surface area (TPSA) is 74.7 Å². The van der Waals surface area contributed by atoms with Crippen molar-refractivity contribution in [3.8, 4) is 0 Å². The molecule has 0 aliphatic carbocycles. The monoisotopic (exact) mass is 357 g/mol. The number of benzene rings is 1. The molecule has 0 spiro atoms. The molecule has 1 atom stereocenters. The molecule has 0 bridgehead atoms. The van der Waals surface area contributed by atoms with Gasteiger partial charge in [-0.25, -0.2) is 8.42 Å². The largest absolute Gasteiger partial charge is 0.480 e. The van der Waals surface area contributed by atoms with Crippen molar-refractivity contribution in [1.29, 1.82) is 0 Å². The van der Waals surface area contributed by atoms with Crippen molar-refractivity contribution in [1.82, 2.24) is 4.31 Å². The van der Waals surface area contributed by atoms with Crippen molar-refractivity contribution in [3.63, 3.8) is 0 Å². The smallest absolute Gasteiger partial charge is 0.416 e. The summed E-state index contributed by atoms with van der Waals surface area (Å²) in [5.41, 5.74) is -1.17. The molecule has 0 aromatic heterocycles. The van der Waals surface area contributed by atoms with Crippen LogP contribution in [0, 0.1) is 0 Å². The lowest BCUT2D eigenvalue weighted by Crippen LogP contribution is -2.40. The zero-order valence-electron chi connectivity index (χ0n) is 11.0. The Morgan fingerprint density at radius 3 is 2.55 bits per heavy atom. The second-order valence-corrected chi connectivity index (χ2v) is 7.02. The molecular weight excluding hydrogens is 347 g/mol. The fourth-order valence-electron chi connectivity index (χ4n) is 2.28. The molecule has 0 unspecified atom stereocenters. The van der Waals surface area contributed by atoms with Gasteiger partial charge in [0.05, 0.1) is 10.6 Å². The van der Waals surface area contributed by atoms with Crippen LogP contribution in [0.1, 0.15) is 18.4 Å². The summed E-state index contributed by atoms with van der Waals surface area (Å²) in [6, 6.07) is 0.633. The molecule has 2 rings (SSSR count). The van der Waals surface area contributed by atoms with Gasteiger partial charge >= 0.3 is 12.1 Å². The van der Waals surface area contributed by atoms with E-state index in [1.54, 1.807) is 0 Å². The third-order valence-corrected chi connectivity index (χ3v) is 5.72. The summed E-state index contributed by atoms with van der Waals surface area (Å²) in [7, 11) is -4.43. The minimum Gasteiger partial charge on any atom is -0.480 e. The van der Waals surface area contributed by atoms with Gasteiger partial charge < -0.3 is 5.11 Å². The van der Waals surface area contributed by atoms with E-state index in [4.69, 9.17) is 16.7 Å². The van der Waals surface area contributed by atoms with Crippen LogP contribution in [0.4, 0.5) is 13.2 Å². The van der Waals surface area contributed by atoms with Crippen LogP contribution in [-0.4, -0.2) is 36.4 Å². The fraction of sp³-hybridized carbons (Fsp3) is 0.417. The van der Waals surface area contributed by atoms with Crippen LogP contribution in [0.5, 0.6) is 0 Å². The van der Waals surface area contributed by atoms with Crippen molar-refractivity contribution >= 4 is 27.6 Å². The highest BCUT2D eigenvalue weighted by Crippen LogP contribution is 2.36. The number of rotatable bonds is 3. The van der Waals surface area contributed by atoms with E-state index in [0.717, 1.165) is 6.07 Å². The third-order valence-electron chi connectivity index (χ3n) is 3.33. The van der Waals surface area contributed by atoms with Crippen molar-refractivity contribution in [2.75, 3.05) is 6.54 Å². The van der Waals surface area contributed by atoms with Crippen LogP contribution in [0.25, 0.3) is 0 Å². The first-order valence-electron chi connectivity index (χ1n) is 6.16. The molecule has 1 aliphatic heterocycles. The first-order chi connectivity index (χ1) is 10.0. The molecule has 22 heavy (non-hydrogen) atoms. The van der Waals surface area contributed by atoms with Gasteiger partial charge in [0.2, 0.25) is 10.0 Å². The van der Waals surface area contributed by atoms with E-state index in [1.807, 2.05) is 0 Å². The van der Waals surface area contributed by atoms with Gasteiger partial charge in [0.25, 0.3) is 0 Å². The van der Waals surface area contributed by atoms with E-state index in [9.17, 15) is 26.4 Å². The van der Waals surface area contributed by atoms with Crippen LogP contribution in [0.3, 0.4) is 0 Å². The predicted molar refractivity (Wildman–Crippen MR) is 71.0 cm³/mol. The SMILES string of the molecule is O=C(O)[C@@H]1CCCN1S(=O)(=O)c1cc(C(F)(F)F)ccc1Cl. The highest BCUT2D eigenvalue weighted by molar-refractivity contribution is 7.89. The highest BCUT2D eigenvalue weighted by atomic mass is 35.5. The minimum atomic E-state index is -4.73. The average Bonchev–Trinajstić information content (AvgIpc) is 2.87. The summed E-state index contributed by atoms with van der Waals surface area (Å²) in [5.74, 6) is -1.34. The van der Waals surface area contributed by atoms with Crippen molar-refractivity contribution < 1.29 is 31.5 Å². The Kier molecular flexibility index (Phi) is 4.42. The molecular formula is C12H11ClF3NO4S. The quantitative estimate of drug-likeness (QED) is 0.902.